The lowest BCUT2D eigenvalue weighted by Crippen LogP contribution is -2.41. The molecule has 0 aliphatic carbocycles. The summed E-state index contributed by atoms with van der Waals surface area (Å²) in [6, 6.07) is 0. The van der Waals surface area contributed by atoms with E-state index in [1.807, 2.05) is 6.92 Å². The van der Waals surface area contributed by atoms with Crippen molar-refractivity contribution in [3.8, 4) is 0 Å². The average molecular weight is 200 g/mol. The van der Waals surface area contributed by atoms with Crippen molar-refractivity contribution in [1.82, 2.24) is 4.90 Å². The largest absolute Gasteiger partial charge is 0.392 e. The van der Waals surface area contributed by atoms with E-state index in [0.29, 0.717) is 0 Å². The monoisotopic (exact) mass is 200 g/mol. The quantitative estimate of drug-likeness (QED) is 0.669. The molecular weight excluding hydrogens is 180 g/mol. The Morgan fingerprint density at radius 3 is 2.57 bits per heavy atom. The predicted molar refractivity (Wildman–Crippen MR) is 54.7 cm³/mol. The van der Waals surface area contributed by atoms with Crippen molar-refractivity contribution in [2.45, 2.75) is 32.3 Å². The van der Waals surface area contributed by atoms with E-state index in [1.54, 1.807) is 0 Å². The van der Waals surface area contributed by atoms with Gasteiger partial charge in [0.1, 0.15) is 0 Å². The highest BCUT2D eigenvalue weighted by molar-refractivity contribution is 5.76. The fourth-order valence-corrected chi connectivity index (χ4v) is 1.83. The third-order valence-corrected chi connectivity index (χ3v) is 2.93. The van der Waals surface area contributed by atoms with E-state index < -0.39 is 0 Å². The lowest BCUT2D eigenvalue weighted by molar-refractivity contribution is -0.123. The van der Waals surface area contributed by atoms with E-state index >= 15 is 0 Å². The van der Waals surface area contributed by atoms with Crippen molar-refractivity contribution in [2.75, 3.05) is 19.6 Å². The van der Waals surface area contributed by atoms with Gasteiger partial charge in [0.15, 0.2) is 0 Å². The topological polar surface area (TPSA) is 66.6 Å². The summed E-state index contributed by atoms with van der Waals surface area (Å²) in [5, 5.41) is 9.45. The SMILES string of the molecule is CCC(O)CN1CCC(C(N)=O)CC1. The van der Waals surface area contributed by atoms with Crippen LogP contribution in [-0.2, 0) is 4.79 Å². The third kappa shape index (κ3) is 3.27. The summed E-state index contributed by atoms with van der Waals surface area (Å²) in [7, 11) is 0. The Labute approximate surface area is 85.1 Å². The second-order valence-corrected chi connectivity index (χ2v) is 4.04. The summed E-state index contributed by atoms with van der Waals surface area (Å²) in [5.74, 6) is -0.134. The number of carbonyl (C=O) groups excluding carboxylic acids is 1. The van der Waals surface area contributed by atoms with Crippen LogP contribution in [0.25, 0.3) is 0 Å². The van der Waals surface area contributed by atoms with Crippen LogP contribution in [0.3, 0.4) is 0 Å². The molecule has 1 saturated heterocycles. The number of piperidine rings is 1. The van der Waals surface area contributed by atoms with Gasteiger partial charge in [-0.25, -0.2) is 0 Å². The zero-order chi connectivity index (χ0) is 10.6. The Hall–Kier alpha value is -0.610. The van der Waals surface area contributed by atoms with Gasteiger partial charge in [-0.05, 0) is 32.4 Å². The molecule has 0 aromatic heterocycles. The summed E-state index contributed by atoms with van der Waals surface area (Å²) in [4.78, 5) is 13.1. The van der Waals surface area contributed by atoms with Crippen LogP contribution in [0, 0.1) is 5.92 Å². The van der Waals surface area contributed by atoms with E-state index in [-0.39, 0.29) is 17.9 Å². The molecule has 1 atom stereocenters. The van der Waals surface area contributed by atoms with Crippen molar-refractivity contribution < 1.29 is 9.90 Å². The molecule has 3 N–H and O–H groups in total. The maximum Gasteiger partial charge on any atom is 0.220 e. The van der Waals surface area contributed by atoms with Crippen LogP contribution in [0.15, 0.2) is 0 Å². The third-order valence-electron chi connectivity index (χ3n) is 2.93. The van der Waals surface area contributed by atoms with Gasteiger partial charge in [-0.2, -0.15) is 0 Å². The minimum absolute atomic E-state index is 0.0463. The predicted octanol–water partition coefficient (Wildman–Crippen LogP) is -0.0454. The van der Waals surface area contributed by atoms with Crippen LogP contribution in [0.5, 0.6) is 0 Å². The maximum atomic E-state index is 10.9. The normalized spacial score (nSPS) is 22.1. The van der Waals surface area contributed by atoms with Crippen LogP contribution in [0.2, 0.25) is 0 Å². The van der Waals surface area contributed by atoms with E-state index in [1.165, 1.54) is 0 Å². The maximum absolute atomic E-state index is 10.9. The lowest BCUT2D eigenvalue weighted by Gasteiger charge is -2.31. The minimum Gasteiger partial charge on any atom is -0.392 e. The van der Waals surface area contributed by atoms with E-state index in [2.05, 4.69) is 4.90 Å². The van der Waals surface area contributed by atoms with Crippen LogP contribution >= 0.6 is 0 Å². The van der Waals surface area contributed by atoms with Crippen LogP contribution in [-0.4, -0.2) is 41.7 Å². The smallest absolute Gasteiger partial charge is 0.220 e. The molecule has 4 nitrogen and oxygen atoms in total. The Bertz CT molecular complexity index is 189. The highest BCUT2D eigenvalue weighted by atomic mass is 16.3. The first-order valence-corrected chi connectivity index (χ1v) is 5.33. The van der Waals surface area contributed by atoms with Gasteiger partial charge in [0.05, 0.1) is 6.10 Å². The number of amides is 1. The molecule has 0 aromatic carbocycles. The molecule has 1 heterocycles. The number of likely N-dealkylation sites (tertiary alicyclic amines) is 1. The van der Waals surface area contributed by atoms with Gasteiger partial charge in [0, 0.05) is 12.5 Å². The molecule has 1 rings (SSSR count). The van der Waals surface area contributed by atoms with Crippen molar-refractivity contribution in [3.05, 3.63) is 0 Å². The van der Waals surface area contributed by atoms with Gasteiger partial charge >= 0.3 is 0 Å². The van der Waals surface area contributed by atoms with Crippen LogP contribution < -0.4 is 5.73 Å². The summed E-state index contributed by atoms with van der Waals surface area (Å²) < 4.78 is 0. The van der Waals surface area contributed by atoms with E-state index in [0.717, 1.165) is 38.9 Å². The van der Waals surface area contributed by atoms with Crippen molar-refractivity contribution in [3.63, 3.8) is 0 Å². The first kappa shape index (κ1) is 11.5. The number of aliphatic hydroxyl groups excluding tert-OH is 1. The average Bonchev–Trinajstić information content (AvgIpc) is 2.18. The molecule has 1 aliphatic heterocycles. The second kappa shape index (κ2) is 5.32. The summed E-state index contributed by atoms with van der Waals surface area (Å²) in [6.45, 7) is 4.46. The lowest BCUT2D eigenvalue weighted by atomic mass is 9.96. The van der Waals surface area contributed by atoms with Crippen LogP contribution in [0.1, 0.15) is 26.2 Å². The van der Waals surface area contributed by atoms with E-state index in [4.69, 9.17) is 5.73 Å². The number of nitrogens with two attached hydrogens (primary N) is 1. The molecule has 82 valence electrons. The zero-order valence-electron chi connectivity index (χ0n) is 8.78. The molecule has 1 unspecified atom stereocenters. The number of carbonyl (C=O) groups is 1. The molecule has 1 fully saturated rings. The van der Waals surface area contributed by atoms with Gasteiger partial charge in [0.25, 0.3) is 0 Å². The van der Waals surface area contributed by atoms with Gasteiger partial charge in [-0.3, -0.25) is 4.79 Å². The van der Waals surface area contributed by atoms with Crippen molar-refractivity contribution >= 4 is 5.91 Å². The highest BCUT2D eigenvalue weighted by Crippen LogP contribution is 2.16. The second-order valence-electron chi connectivity index (χ2n) is 4.04. The first-order chi connectivity index (χ1) is 6.63. The summed E-state index contributed by atoms with van der Waals surface area (Å²) in [5.41, 5.74) is 5.23. The Kier molecular flexibility index (Phi) is 4.35. The molecule has 0 bridgehead atoms. The van der Waals surface area contributed by atoms with Gasteiger partial charge in [-0.1, -0.05) is 6.92 Å². The molecule has 0 saturated carbocycles. The molecule has 0 spiro atoms. The number of rotatable bonds is 4. The molecule has 4 heteroatoms. The fourth-order valence-electron chi connectivity index (χ4n) is 1.83. The molecule has 1 amide bonds. The number of hydrogen-bond donors (Lipinski definition) is 2. The minimum atomic E-state index is -0.236. The summed E-state index contributed by atoms with van der Waals surface area (Å²) >= 11 is 0. The Morgan fingerprint density at radius 1 is 1.57 bits per heavy atom. The summed E-state index contributed by atoms with van der Waals surface area (Å²) in [6.07, 6.45) is 2.23. The number of hydrogen-bond acceptors (Lipinski definition) is 3. The molecule has 14 heavy (non-hydrogen) atoms. The first-order valence-electron chi connectivity index (χ1n) is 5.33. The number of nitrogens with zero attached hydrogens (tertiary/aromatic N) is 1. The molecular formula is C10H20N2O2. The Balaban J connectivity index is 2.25. The number of aliphatic hydroxyl groups is 1. The van der Waals surface area contributed by atoms with Crippen LogP contribution in [0.4, 0.5) is 0 Å². The van der Waals surface area contributed by atoms with E-state index in [9.17, 15) is 9.90 Å². The van der Waals surface area contributed by atoms with Gasteiger partial charge < -0.3 is 15.7 Å². The fraction of sp³-hybridized carbons (Fsp3) is 0.900. The Morgan fingerprint density at radius 2 is 2.14 bits per heavy atom. The zero-order valence-corrected chi connectivity index (χ0v) is 8.78. The van der Waals surface area contributed by atoms with Gasteiger partial charge in [-0.15, -0.1) is 0 Å². The van der Waals surface area contributed by atoms with Crippen molar-refractivity contribution in [1.29, 1.82) is 0 Å². The molecule has 0 radical (unpaired) electrons. The molecule has 0 aromatic rings. The molecule has 1 aliphatic rings. The van der Waals surface area contributed by atoms with Crippen molar-refractivity contribution in [2.24, 2.45) is 11.7 Å². The standard InChI is InChI=1S/C10H20N2O2/c1-2-9(13)7-12-5-3-8(4-6-12)10(11)14/h8-9,13H,2-7H2,1H3,(H2,11,14). The number of β-amino-alcohol motifs (C(OH)–C–C–N with tert-alkyl or cyclic N) is 1. The number of primary amides is 1. The van der Waals surface area contributed by atoms with Gasteiger partial charge in [0.2, 0.25) is 5.91 Å². The highest BCUT2D eigenvalue weighted by Gasteiger charge is 2.23.